The summed E-state index contributed by atoms with van der Waals surface area (Å²) < 4.78 is 4.64. The van der Waals surface area contributed by atoms with Gasteiger partial charge in [-0.1, -0.05) is 273 Å². The zero-order valence-electron chi connectivity index (χ0n) is 58.0. The molecule has 0 atom stereocenters. The number of rotatable bonds is 9. The van der Waals surface area contributed by atoms with Gasteiger partial charge in [0.15, 0.2) is 17.5 Å². The zero-order valence-corrected chi connectivity index (χ0v) is 58.0. The van der Waals surface area contributed by atoms with Crippen molar-refractivity contribution < 1.29 is 0 Å². The Morgan fingerprint density at radius 2 is 0.593 bits per heavy atom. The SMILES string of the molecule is N#Cc1cc2ccc3cc(-c4ccc(-c5ccc6ccc7cccc8ccc5c6c78)cc4)cc4c3c2c(c1)n4-c1ccccc1.N#Cc1ccc2c3c1ccc1c(-c4ccc(-c5ccc6ccc7c(-c8nc(-c9ccccc9)nc(-c9ccccc9)n8)ccc8ccc5c6c87)cc4)ccc(c13)n2-c1ccccc1. The number of benzene rings is 20. The van der Waals surface area contributed by atoms with Crippen molar-refractivity contribution in [1.82, 2.24) is 24.1 Å². The van der Waals surface area contributed by atoms with Crippen LogP contribution < -0.4 is 0 Å². The van der Waals surface area contributed by atoms with Crippen LogP contribution in [-0.4, -0.2) is 24.1 Å². The highest BCUT2D eigenvalue weighted by atomic mass is 15.0. The van der Waals surface area contributed by atoms with E-state index in [4.69, 9.17) is 15.0 Å². The van der Waals surface area contributed by atoms with Gasteiger partial charge in [0.05, 0.1) is 45.3 Å². The first-order valence-electron chi connectivity index (χ1n) is 36.5. The lowest BCUT2D eigenvalue weighted by Crippen LogP contribution is -2.00. The van der Waals surface area contributed by atoms with E-state index in [0.29, 0.717) is 28.6 Å². The van der Waals surface area contributed by atoms with Crippen molar-refractivity contribution in [3.63, 3.8) is 0 Å². The summed E-state index contributed by atoms with van der Waals surface area (Å²) in [5, 5.41) is 44.1. The summed E-state index contributed by atoms with van der Waals surface area (Å²) in [5.41, 5.74) is 20.3. The van der Waals surface area contributed by atoms with Gasteiger partial charge in [-0.15, -0.1) is 0 Å². The average Bonchev–Trinajstić information content (AvgIpc) is 1.48. The van der Waals surface area contributed by atoms with E-state index in [9.17, 15) is 10.5 Å². The molecule has 7 nitrogen and oxygen atoms in total. The molecule has 23 rings (SSSR count). The van der Waals surface area contributed by atoms with Crippen molar-refractivity contribution in [3.05, 3.63) is 357 Å². The second-order valence-corrected chi connectivity index (χ2v) is 28.3. The van der Waals surface area contributed by atoms with Gasteiger partial charge in [-0.25, -0.2) is 15.0 Å². The first-order chi connectivity index (χ1) is 53.4. The van der Waals surface area contributed by atoms with Crippen LogP contribution in [0.4, 0.5) is 0 Å². The molecule has 0 aliphatic heterocycles. The van der Waals surface area contributed by atoms with E-state index in [1.165, 1.54) is 114 Å². The zero-order chi connectivity index (χ0) is 71.2. The third-order valence-corrected chi connectivity index (χ3v) is 22.5. The maximum atomic E-state index is 10.1. The van der Waals surface area contributed by atoms with E-state index in [1.807, 2.05) is 91.0 Å². The second-order valence-electron chi connectivity index (χ2n) is 28.3. The van der Waals surface area contributed by atoms with Crippen LogP contribution in [0.15, 0.2) is 346 Å². The molecular weight excluding hydrogens is 1310 g/mol. The minimum Gasteiger partial charge on any atom is -0.309 e. The number of hydrogen-bond acceptors (Lipinski definition) is 5. The van der Waals surface area contributed by atoms with Crippen molar-refractivity contribution >= 4 is 130 Å². The molecule has 0 aliphatic carbocycles. The van der Waals surface area contributed by atoms with Gasteiger partial charge in [-0.2, -0.15) is 10.5 Å². The number of aromatic nitrogens is 5. The molecule has 0 aliphatic rings. The van der Waals surface area contributed by atoms with E-state index in [2.05, 4.69) is 276 Å². The fraction of sp³-hybridized carbons (Fsp3) is 0. The molecule has 0 saturated carbocycles. The van der Waals surface area contributed by atoms with Gasteiger partial charge in [0.2, 0.25) is 0 Å². The lowest BCUT2D eigenvalue weighted by molar-refractivity contribution is 1.08. The summed E-state index contributed by atoms with van der Waals surface area (Å²) in [4.78, 5) is 15.2. The minimum absolute atomic E-state index is 0.646. The highest BCUT2D eigenvalue weighted by Crippen LogP contribution is 2.48. The molecule has 0 unspecified atom stereocenters. The van der Waals surface area contributed by atoms with Gasteiger partial charge in [0.25, 0.3) is 0 Å². The molecule has 108 heavy (non-hydrogen) atoms. The van der Waals surface area contributed by atoms with E-state index in [-0.39, 0.29) is 0 Å². The largest absolute Gasteiger partial charge is 0.309 e. The van der Waals surface area contributed by atoms with E-state index >= 15 is 0 Å². The van der Waals surface area contributed by atoms with E-state index in [0.717, 1.165) is 88.4 Å². The van der Waals surface area contributed by atoms with Crippen molar-refractivity contribution in [1.29, 1.82) is 10.5 Å². The highest BCUT2D eigenvalue weighted by molar-refractivity contribution is 6.30. The summed E-state index contributed by atoms with van der Waals surface area (Å²) in [6.45, 7) is 0. The molecule has 0 N–H and O–H groups in total. The molecule has 0 radical (unpaired) electrons. The Bertz CT molecular complexity index is 7570. The molecule has 3 heterocycles. The Labute approximate surface area is 619 Å². The topological polar surface area (TPSA) is 96.1 Å². The number of nitrogens with zero attached hydrogens (tertiary/aromatic N) is 7. The number of nitriles is 2. The van der Waals surface area contributed by atoms with Crippen LogP contribution in [0, 0.1) is 22.7 Å². The molecule has 7 heteroatoms. The van der Waals surface area contributed by atoms with Crippen molar-refractivity contribution in [3.8, 4) is 102 Å². The van der Waals surface area contributed by atoms with E-state index in [1.54, 1.807) is 0 Å². The third-order valence-electron chi connectivity index (χ3n) is 22.5. The van der Waals surface area contributed by atoms with Crippen LogP contribution in [0.25, 0.3) is 220 Å². The second kappa shape index (κ2) is 23.8. The van der Waals surface area contributed by atoms with Crippen LogP contribution in [0.3, 0.4) is 0 Å². The smallest absolute Gasteiger partial charge is 0.164 e. The van der Waals surface area contributed by atoms with Crippen LogP contribution in [-0.2, 0) is 0 Å². The maximum absolute atomic E-state index is 10.1. The van der Waals surface area contributed by atoms with Gasteiger partial charge in [-0.3, -0.25) is 0 Å². The molecule has 0 saturated heterocycles. The predicted octanol–water partition coefficient (Wildman–Crippen LogP) is 26.1. The fourth-order valence-electron chi connectivity index (χ4n) is 17.7. The standard InChI is InChI=1S/C58H33N5.C43H24N2/c59-34-41-24-32-50-54-45(41)29-30-47-44(31-33-51(55(47)54)63(50)42-14-8-3-9-15-42)36-18-16-35(17-19-36)43-25-20-37-22-27-48-49(28-23-38-21-26-46(43)52(37)53(38)48)58-61-56(39-10-4-1-5-11-39)60-57(62-58)40-12-6-2-7-13-40;44-25-26-21-32-15-16-33-23-34(24-39-43(33)42(32)38(22-26)45(39)35-7-2-1-3-8-35)27-9-11-28(12-10-27)36-19-17-31-14-13-29-5-4-6-30-18-20-37(36)41(31)40(29)30/h1-33H;1-24H. The van der Waals surface area contributed by atoms with Gasteiger partial charge < -0.3 is 9.13 Å². The average molecular weight is 1370 g/mol. The minimum atomic E-state index is 0.646. The lowest BCUT2D eigenvalue weighted by Gasteiger charge is -2.17. The predicted molar refractivity (Wildman–Crippen MR) is 447 cm³/mol. The molecule has 0 fully saturated rings. The molecule has 0 amide bonds. The molecule has 20 aromatic carbocycles. The lowest BCUT2D eigenvalue weighted by atomic mass is 9.88. The Morgan fingerprint density at radius 3 is 1.13 bits per heavy atom. The monoisotopic (exact) mass is 1370 g/mol. The Hall–Kier alpha value is -14.9. The Morgan fingerprint density at radius 1 is 0.213 bits per heavy atom. The molecule has 0 bridgehead atoms. The summed E-state index contributed by atoms with van der Waals surface area (Å²) in [5.74, 6) is 1.94. The van der Waals surface area contributed by atoms with Crippen molar-refractivity contribution in [2.75, 3.05) is 0 Å². The van der Waals surface area contributed by atoms with Gasteiger partial charge >= 0.3 is 0 Å². The first-order valence-corrected chi connectivity index (χ1v) is 36.5. The van der Waals surface area contributed by atoms with Gasteiger partial charge in [-0.05, 0) is 198 Å². The van der Waals surface area contributed by atoms with Crippen LogP contribution in [0.1, 0.15) is 11.1 Å². The summed E-state index contributed by atoms with van der Waals surface area (Å²) in [7, 11) is 0. The highest BCUT2D eigenvalue weighted by Gasteiger charge is 2.25. The van der Waals surface area contributed by atoms with Crippen LogP contribution in [0.5, 0.6) is 0 Å². The summed E-state index contributed by atoms with van der Waals surface area (Å²) in [6.07, 6.45) is 0. The molecule has 496 valence electrons. The normalized spacial score (nSPS) is 11.9. The quantitative estimate of drug-likeness (QED) is 0.134. The molecular formula is C101H57N7. The van der Waals surface area contributed by atoms with Crippen molar-refractivity contribution in [2.45, 2.75) is 0 Å². The Balaban J connectivity index is 0.000000142. The maximum Gasteiger partial charge on any atom is 0.164 e. The van der Waals surface area contributed by atoms with Crippen LogP contribution in [0.2, 0.25) is 0 Å². The van der Waals surface area contributed by atoms with Gasteiger partial charge in [0.1, 0.15) is 0 Å². The van der Waals surface area contributed by atoms with Crippen molar-refractivity contribution in [2.24, 2.45) is 0 Å². The Kier molecular flexibility index (Phi) is 13.4. The number of para-hydroxylation sites is 2. The van der Waals surface area contributed by atoms with Crippen LogP contribution >= 0.6 is 0 Å². The molecule has 3 aromatic heterocycles. The van der Waals surface area contributed by atoms with Gasteiger partial charge in [0, 0.05) is 55.0 Å². The number of hydrogen-bond donors (Lipinski definition) is 0. The van der Waals surface area contributed by atoms with E-state index < -0.39 is 0 Å². The molecule has 23 aromatic rings. The third kappa shape index (κ3) is 9.30. The first kappa shape index (κ1) is 60.7. The fourth-order valence-corrected chi connectivity index (χ4v) is 17.7. The summed E-state index contributed by atoms with van der Waals surface area (Å²) in [6, 6.07) is 128. The summed E-state index contributed by atoms with van der Waals surface area (Å²) >= 11 is 0. The molecule has 0 spiro atoms.